The van der Waals surface area contributed by atoms with Crippen LogP contribution in [-0.4, -0.2) is 41.2 Å². The number of thiocarbonyl (C=S) groups is 1. The molecule has 0 aromatic carbocycles. The van der Waals surface area contributed by atoms with Crippen molar-refractivity contribution in [2.24, 2.45) is 11.5 Å². The van der Waals surface area contributed by atoms with Crippen molar-refractivity contribution in [1.82, 2.24) is 10.6 Å². The third-order valence-corrected chi connectivity index (χ3v) is 2.20. The summed E-state index contributed by atoms with van der Waals surface area (Å²) in [5, 5.41) is 13.8. The van der Waals surface area contributed by atoms with Gasteiger partial charge in [-0.15, -0.1) is 0 Å². The number of carboxylic acid groups (broad SMARTS) is 1. The number of carbonyl (C=O) groups is 2. The number of hydrogen-bond acceptors (Lipinski definition) is 5. The summed E-state index contributed by atoms with van der Waals surface area (Å²) in [7, 11) is 0. The number of carbonyl (C=O) groups excluding carboxylic acids is 1. The second-order valence-electron chi connectivity index (χ2n) is 3.46. The summed E-state index contributed by atoms with van der Waals surface area (Å²) in [6, 6.07) is -0.716. The zero-order valence-electron chi connectivity index (χ0n) is 9.44. The maximum absolute atomic E-state index is 10.2. The van der Waals surface area contributed by atoms with Gasteiger partial charge in [-0.25, -0.2) is 0 Å². The largest absolute Gasteiger partial charge is 0.480 e. The fourth-order valence-electron chi connectivity index (χ4n) is 1.01. The summed E-state index contributed by atoms with van der Waals surface area (Å²) < 4.78 is 0. The van der Waals surface area contributed by atoms with Crippen molar-refractivity contribution in [1.29, 1.82) is 0 Å². The lowest BCUT2D eigenvalue weighted by Gasteiger charge is -2.03. The van der Waals surface area contributed by atoms with Gasteiger partial charge >= 0.3 is 5.97 Å². The van der Waals surface area contributed by atoms with Gasteiger partial charge in [0.2, 0.25) is 5.91 Å². The summed E-state index contributed by atoms with van der Waals surface area (Å²) in [5.41, 5.74) is 10.4. The number of amides is 1. The molecule has 7 nitrogen and oxygen atoms in total. The molecule has 0 saturated carbocycles. The smallest absolute Gasteiger partial charge is 0.320 e. The Morgan fingerprint density at radius 1 is 1.53 bits per heavy atom. The van der Waals surface area contributed by atoms with E-state index in [2.05, 4.69) is 22.9 Å². The quantitative estimate of drug-likeness (QED) is 0.301. The van der Waals surface area contributed by atoms with Gasteiger partial charge < -0.3 is 27.2 Å². The molecule has 0 bridgehead atoms. The molecular formula is C9H18N4O3S. The maximum Gasteiger partial charge on any atom is 0.320 e. The predicted octanol–water partition coefficient (Wildman–Crippen LogP) is -1.48. The highest BCUT2D eigenvalue weighted by atomic mass is 32.1. The van der Waals surface area contributed by atoms with E-state index < -0.39 is 12.0 Å². The number of nitrogens with one attached hydrogen (secondary N) is 2. The number of unbranched alkanes of at least 4 members (excludes halogenated alkanes) is 1. The van der Waals surface area contributed by atoms with Gasteiger partial charge in [-0.05, 0) is 31.6 Å². The molecule has 0 aliphatic carbocycles. The molecule has 17 heavy (non-hydrogen) atoms. The Hall–Kier alpha value is -1.25. The van der Waals surface area contributed by atoms with Gasteiger partial charge in [-0.2, -0.15) is 0 Å². The second kappa shape index (κ2) is 8.85. The molecule has 0 radical (unpaired) electrons. The lowest BCUT2D eigenvalue weighted by molar-refractivity contribution is -0.138. The average Bonchev–Trinajstić information content (AvgIpc) is 2.63. The summed E-state index contributed by atoms with van der Waals surface area (Å²) in [5.74, 6) is -0.984. The zero-order chi connectivity index (χ0) is 13.3. The van der Waals surface area contributed by atoms with E-state index in [0.717, 1.165) is 12.8 Å². The van der Waals surface area contributed by atoms with Crippen LogP contribution in [0.3, 0.4) is 0 Å². The molecule has 1 amide bonds. The zero-order valence-corrected chi connectivity index (χ0v) is 10.3. The van der Waals surface area contributed by atoms with Crippen LogP contribution in [-0.2, 0) is 9.59 Å². The van der Waals surface area contributed by atoms with Crippen molar-refractivity contribution >= 4 is 29.2 Å². The first kappa shape index (κ1) is 15.8. The molecule has 1 rings (SSSR count). The molecule has 0 spiro atoms. The Morgan fingerprint density at radius 2 is 2.18 bits per heavy atom. The minimum absolute atomic E-state index is 0.0509. The van der Waals surface area contributed by atoms with Crippen molar-refractivity contribution in [2.45, 2.75) is 25.3 Å². The summed E-state index contributed by atoms with van der Waals surface area (Å²) in [4.78, 5) is 20.3. The van der Waals surface area contributed by atoms with Crippen molar-refractivity contribution < 1.29 is 14.7 Å². The molecule has 0 aromatic rings. The van der Waals surface area contributed by atoms with E-state index in [4.69, 9.17) is 16.6 Å². The van der Waals surface area contributed by atoms with Crippen LogP contribution in [0.2, 0.25) is 0 Å². The highest BCUT2D eigenvalue weighted by Gasteiger charge is 2.10. The molecule has 1 heterocycles. The molecule has 1 aliphatic heterocycles. The van der Waals surface area contributed by atoms with Gasteiger partial charge in [-0.1, -0.05) is 6.42 Å². The molecular weight excluding hydrogens is 244 g/mol. The van der Waals surface area contributed by atoms with Crippen molar-refractivity contribution in [3.8, 4) is 0 Å². The molecule has 1 atom stereocenters. The SMILES string of the molecule is NCCCC[C@H](N)C(=O)O.O=C1CNC(=S)N1. The second-order valence-corrected chi connectivity index (χ2v) is 3.87. The molecule has 7 N–H and O–H groups in total. The van der Waals surface area contributed by atoms with Gasteiger partial charge in [0.1, 0.15) is 6.04 Å². The van der Waals surface area contributed by atoms with E-state index in [9.17, 15) is 9.59 Å². The van der Waals surface area contributed by atoms with E-state index >= 15 is 0 Å². The van der Waals surface area contributed by atoms with E-state index in [1.165, 1.54) is 0 Å². The monoisotopic (exact) mass is 262 g/mol. The fourth-order valence-corrected chi connectivity index (χ4v) is 1.19. The molecule has 1 aliphatic rings. The van der Waals surface area contributed by atoms with Crippen LogP contribution < -0.4 is 22.1 Å². The van der Waals surface area contributed by atoms with E-state index in [1.807, 2.05) is 0 Å². The molecule has 8 heteroatoms. The van der Waals surface area contributed by atoms with Gasteiger partial charge in [0.25, 0.3) is 0 Å². The lowest BCUT2D eigenvalue weighted by Crippen LogP contribution is -2.29. The van der Waals surface area contributed by atoms with Gasteiger partial charge in [0, 0.05) is 0 Å². The van der Waals surface area contributed by atoms with Crippen LogP contribution in [0.1, 0.15) is 19.3 Å². The minimum atomic E-state index is -0.933. The van der Waals surface area contributed by atoms with Crippen LogP contribution in [0.5, 0.6) is 0 Å². The Bertz CT molecular complexity index is 271. The molecule has 1 saturated heterocycles. The number of carboxylic acids is 1. The van der Waals surface area contributed by atoms with Crippen LogP contribution >= 0.6 is 12.2 Å². The van der Waals surface area contributed by atoms with Crippen LogP contribution in [0.15, 0.2) is 0 Å². The highest BCUT2D eigenvalue weighted by molar-refractivity contribution is 7.80. The van der Waals surface area contributed by atoms with E-state index in [1.54, 1.807) is 0 Å². The van der Waals surface area contributed by atoms with Gasteiger partial charge in [0.05, 0.1) is 6.54 Å². The first-order chi connectivity index (χ1) is 7.97. The number of nitrogens with two attached hydrogens (primary N) is 2. The Labute approximate surface area is 105 Å². The Kier molecular flexibility index (Phi) is 8.20. The van der Waals surface area contributed by atoms with Crippen LogP contribution in [0, 0.1) is 0 Å². The maximum atomic E-state index is 10.2. The predicted molar refractivity (Wildman–Crippen MR) is 67.3 cm³/mol. The minimum Gasteiger partial charge on any atom is -0.480 e. The summed E-state index contributed by atoms with van der Waals surface area (Å²) in [6.45, 7) is 0.936. The Morgan fingerprint density at radius 3 is 2.47 bits per heavy atom. The molecule has 0 unspecified atom stereocenters. The van der Waals surface area contributed by atoms with Gasteiger partial charge in [-0.3, -0.25) is 9.59 Å². The summed E-state index contributed by atoms with van der Waals surface area (Å²) >= 11 is 4.55. The van der Waals surface area contributed by atoms with Crippen molar-refractivity contribution in [3.63, 3.8) is 0 Å². The fraction of sp³-hybridized carbons (Fsp3) is 0.667. The normalized spacial score (nSPS) is 15.4. The van der Waals surface area contributed by atoms with Gasteiger partial charge in [0.15, 0.2) is 5.11 Å². The standard InChI is InChI=1S/C6H14N2O2.C3H4N2OS/c7-4-2-1-3-5(8)6(9)10;6-2-1-4-3(7)5-2/h5H,1-4,7-8H2,(H,9,10);1H2,(H2,4,5,6,7)/t5-;/m0./s1. The van der Waals surface area contributed by atoms with Crippen molar-refractivity contribution in [2.75, 3.05) is 13.1 Å². The first-order valence-electron chi connectivity index (χ1n) is 5.23. The van der Waals surface area contributed by atoms with Crippen molar-refractivity contribution in [3.05, 3.63) is 0 Å². The molecule has 1 fully saturated rings. The average molecular weight is 262 g/mol. The van der Waals surface area contributed by atoms with Crippen LogP contribution in [0.4, 0.5) is 0 Å². The molecule has 0 aromatic heterocycles. The third kappa shape index (κ3) is 8.55. The van der Waals surface area contributed by atoms with E-state index in [0.29, 0.717) is 24.6 Å². The molecule has 98 valence electrons. The van der Waals surface area contributed by atoms with Crippen LogP contribution in [0.25, 0.3) is 0 Å². The number of aliphatic carboxylic acids is 1. The number of hydrogen-bond donors (Lipinski definition) is 5. The Balaban J connectivity index is 0.000000318. The topological polar surface area (TPSA) is 130 Å². The summed E-state index contributed by atoms with van der Waals surface area (Å²) in [6.07, 6.45) is 2.16. The van der Waals surface area contributed by atoms with E-state index in [-0.39, 0.29) is 5.91 Å². The number of rotatable bonds is 5. The lowest BCUT2D eigenvalue weighted by atomic mass is 10.1. The highest BCUT2D eigenvalue weighted by Crippen LogP contribution is 1.96. The third-order valence-electron chi connectivity index (χ3n) is 1.95. The first-order valence-corrected chi connectivity index (χ1v) is 5.64.